The fourth-order valence-electron chi connectivity index (χ4n) is 3.11. The van der Waals surface area contributed by atoms with E-state index in [4.69, 9.17) is 5.26 Å². The van der Waals surface area contributed by atoms with E-state index in [-0.39, 0.29) is 39.1 Å². The van der Waals surface area contributed by atoms with Gasteiger partial charge in [-0.15, -0.1) is 10.2 Å². The number of halogens is 3. The first-order valence-corrected chi connectivity index (χ1v) is 11.8. The van der Waals surface area contributed by atoms with Gasteiger partial charge in [0.2, 0.25) is 0 Å². The van der Waals surface area contributed by atoms with E-state index in [0.717, 1.165) is 18.3 Å². The van der Waals surface area contributed by atoms with Gasteiger partial charge in [-0.2, -0.15) is 23.5 Å². The predicted octanol–water partition coefficient (Wildman–Crippen LogP) is 3.86. The highest BCUT2D eigenvalue weighted by molar-refractivity contribution is 7.95. The van der Waals surface area contributed by atoms with Gasteiger partial charge in [0.15, 0.2) is 21.5 Å². The summed E-state index contributed by atoms with van der Waals surface area (Å²) < 4.78 is 68.0. The van der Waals surface area contributed by atoms with Gasteiger partial charge in [-0.1, -0.05) is 19.6 Å². The summed E-state index contributed by atoms with van der Waals surface area (Å²) in [5.74, 6) is -0.231. The molecule has 0 saturated carbocycles. The van der Waals surface area contributed by atoms with Crippen LogP contribution in [0.2, 0.25) is 0 Å². The first kappa shape index (κ1) is 25.6. The van der Waals surface area contributed by atoms with Crippen LogP contribution in [0, 0.1) is 11.3 Å². The Balaban J connectivity index is 2.10. The summed E-state index contributed by atoms with van der Waals surface area (Å²) in [5.41, 5.74) is -0.391. The second-order valence-electron chi connectivity index (χ2n) is 7.22. The van der Waals surface area contributed by atoms with Gasteiger partial charge in [-0.05, 0) is 25.1 Å². The Hall–Kier alpha value is -4.05. The standard InChI is InChI=1S/C22H20F3N7O2S/c1-5-17(32-13-15(11-26)12-28-32)10-19(35(33,34)6-2)14(3)20-29-30-21(31(20)4)18-9-16(7-8-27-18)22(23,24)25/h5,7-10,12-13H,3,6H2,1-2,4H3/b17-5+,19-10+. The number of pyridine rings is 1. The highest BCUT2D eigenvalue weighted by atomic mass is 32.2. The lowest BCUT2D eigenvalue weighted by atomic mass is 10.2. The maximum Gasteiger partial charge on any atom is 0.416 e. The molecule has 0 fully saturated rings. The third-order valence-corrected chi connectivity index (χ3v) is 6.82. The molecule has 3 aromatic heterocycles. The Morgan fingerprint density at radius 3 is 2.60 bits per heavy atom. The summed E-state index contributed by atoms with van der Waals surface area (Å²) in [6, 6.07) is 3.61. The van der Waals surface area contributed by atoms with Gasteiger partial charge in [0.1, 0.15) is 11.8 Å². The molecule has 9 nitrogen and oxygen atoms in total. The molecule has 13 heteroatoms. The lowest BCUT2D eigenvalue weighted by Gasteiger charge is -2.13. The zero-order chi connectivity index (χ0) is 26.0. The van der Waals surface area contributed by atoms with E-state index in [1.165, 1.54) is 41.7 Å². The quantitative estimate of drug-likeness (QED) is 0.449. The molecule has 182 valence electrons. The van der Waals surface area contributed by atoms with Crippen LogP contribution in [0.3, 0.4) is 0 Å². The topological polar surface area (TPSA) is 119 Å². The Morgan fingerprint density at radius 2 is 2.03 bits per heavy atom. The molecule has 0 saturated heterocycles. The molecule has 0 aliphatic rings. The van der Waals surface area contributed by atoms with Crippen LogP contribution in [0.1, 0.15) is 30.8 Å². The molecule has 0 aromatic carbocycles. The van der Waals surface area contributed by atoms with Crippen LogP contribution < -0.4 is 0 Å². The van der Waals surface area contributed by atoms with Crippen molar-refractivity contribution in [2.24, 2.45) is 7.05 Å². The number of nitrogens with zero attached hydrogens (tertiary/aromatic N) is 7. The van der Waals surface area contributed by atoms with Crippen LogP contribution >= 0.6 is 0 Å². The Kier molecular flexibility index (Phi) is 7.06. The Labute approximate surface area is 199 Å². The van der Waals surface area contributed by atoms with E-state index in [1.807, 2.05) is 6.07 Å². The molecule has 0 N–H and O–H groups in total. The van der Waals surface area contributed by atoms with Crippen molar-refractivity contribution in [2.45, 2.75) is 20.0 Å². The third kappa shape index (κ3) is 5.22. The average molecular weight is 504 g/mol. The number of hydrogen-bond acceptors (Lipinski definition) is 7. The molecule has 0 bridgehead atoms. The van der Waals surface area contributed by atoms with Crippen LogP contribution in [0.25, 0.3) is 22.8 Å². The molecule has 0 unspecified atom stereocenters. The Morgan fingerprint density at radius 1 is 1.31 bits per heavy atom. The summed E-state index contributed by atoms with van der Waals surface area (Å²) >= 11 is 0. The second-order valence-corrected chi connectivity index (χ2v) is 9.47. The third-order valence-electron chi connectivity index (χ3n) is 5.02. The van der Waals surface area contributed by atoms with Gasteiger partial charge in [-0.3, -0.25) is 4.98 Å². The number of rotatable bonds is 7. The highest BCUT2D eigenvalue weighted by Gasteiger charge is 2.31. The molecule has 0 aliphatic carbocycles. The minimum Gasteiger partial charge on any atom is -0.309 e. The van der Waals surface area contributed by atoms with E-state index in [2.05, 4.69) is 26.9 Å². The van der Waals surface area contributed by atoms with E-state index >= 15 is 0 Å². The zero-order valence-corrected chi connectivity index (χ0v) is 19.8. The fourth-order valence-corrected chi connectivity index (χ4v) is 4.19. The maximum atomic E-state index is 13.1. The second kappa shape index (κ2) is 9.67. The van der Waals surface area contributed by atoms with Crippen molar-refractivity contribution < 1.29 is 21.6 Å². The van der Waals surface area contributed by atoms with E-state index in [9.17, 15) is 21.6 Å². The minimum atomic E-state index is -4.57. The van der Waals surface area contributed by atoms with Crippen LogP contribution in [0.5, 0.6) is 0 Å². The lowest BCUT2D eigenvalue weighted by Crippen LogP contribution is -2.12. The summed E-state index contributed by atoms with van der Waals surface area (Å²) in [4.78, 5) is 3.77. The summed E-state index contributed by atoms with van der Waals surface area (Å²) in [6.45, 7) is 7.01. The number of sulfone groups is 1. The fraction of sp³-hybridized carbons (Fsp3) is 0.227. The molecule has 3 aromatic rings. The van der Waals surface area contributed by atoms with Gasteiger partial charge >= 0.3 is 6.18 Å². The molecule has 0 radical (unpaired) electrons. The monoisotopic (exact) mass is 503 g/mol. The van der Waals surface area contributed by atoms with Gasteiger partial charge in [-0.25, -0.2) is 13.1 Å². The van der Waals surface area contributed by atoms with E-state index in [1.54, 1.807) is 13.0 Å². The minimum absolute atomic E-state index is 0.00232. The van der Waals surface area contributed by atoms with E-state index in [0.29, 0.717) is 5.70 Å². The van der Waals surface area contributed by atoms with Crippen LogP contribution in [0.15, 0.2) is 54.4 Å². The highest BCUT2D eigenvalue weighted by Crippen LogP contribution is 2.32. The van der Waals surface area contributed by atoms with Gasteiger partial charge in [0.25, 0.3) is 0 Å². The number of nitriles is 1. The smallest absolute Gasteiger partial charge is 0.309 e. The van der Waals surface area contributed by atoms with Crippen molar-refractivity contribution in [1.82, 2.24) is 29.5 Å². The molecule has 3 heterocycles. The SMILES string of the molecule is C=C(/C(=C\C(=C/C)n1cc(C#N)cn1)S(=O)(=O)CC)c1nnc(-c2cc(C(F)(F)F)ccn2)n1C. The summed E-state index contributed by atoms with van der Waals surface area (Å²) in [7, 11) is -2.38. The molecule has 0 spiro atoms. The molecule has 0 atom stereocenters. The van der Waals surface area contributed by atoms with Crippen molar-refractivity contribution in [2.75, 3.05) is 5.75 Å². The molecule has 3 rings (SSSR count). The summed E-state index contributed by atoms with van der Waals surface area (Å²) in [6.07, 6.45) is 2.13. The van der Waals surface area contributed by atoms with Gasteiger partial charge < -0.3 is 4.57 Å². The first-order valence-electron chi connectivity index (χ1n) is 10.1. The van der Waals surface area contributed by atoms with Gasteiger partial charge in [0, 0.05) is 25.0 Å². The summed E-state index contributed by atoms with van der Waals surface area (Å²) in [5, 5.41) is 21.0. The molecule has 0 amide bonds. The number of hydrogen-bond donors (Lipinski definition) is 0. The number of aromatic nitrogens is 6. The van der Waals surface area contributed by atoms with Crippen LogP contribution in [-0.2, 0) is 23.1 Å². The van der Waals surface area contributed by atoms with Gasteiger partial charge in [0.05, 0.1) is 33.7 Å². The van der Waals surface area contributed by atoms with Crippen molar-refractivity contribution in [3.05, 3.63) is 71.3 Å². The van der Waals surface area contributed by atoms with Crippen molar-refractivity contribution >= 4 is 21.1 Å². The lowest BCUT2D eigenvalue weighted by molar-refractivity contribution is -0.137. The molecular weight excluding hydrogens is 483 g/mol. The molecule has 0 aliphatic heterocycles. The van der Waals surface area contributed by atoms with E-state index < -0.39 is 21.6 Å². The zero-order valence-electron chi connectivity index (χ0n) is 18.9. The first-order chi connectivity index (χ1) is 16.4. The molecule has 35 heavy (non-hydrogen) atoms. The Bertz CT molecular complexity index is 1490. The molecular formula is C22H20F3N7O2S. The normalized spacial score (nSPS) is 13.1. The van der Waals surface area contributed by atoms with Crippen molar-refractivity contribution in [1.29, 1.82) is 5.26 Å². The average Bonchev–Trinajstić information content (AvgIpc) is 3.45. The largest absolute Gasteiger partial charge is 0.416 e. The maximum absolute atomic E-state index is 13.1. The van der Waals surface area contributed by atoms with Crippen molar-refractivity contribution in [3.8, 4) is 17.6 Å². The predicted molar refractivity (Wildman–Crippen MR) is 123 cm³/mol. The number of alkyl halides is 3. The number of allylic oxidation sites excluding steroid dienone is 4. The van der Waals surface area contributed by atoms with Crippen LogP contribution in [0.4, 0.5) is 13.2 Å². The van der Waals surface area contributed by atoms with Crippen molar-refractivity contribution in [3.63, 3.8) is 0 Å². The van der Waals surface area contributed by atoms with Crippen LogP contribution in [-0.4, -0.2) is 43.7 Å².